The standard InChI is InChI=1S/C28H38O2/c1-2-20(18-30-28-14-24-8-25(15-28)10-26(9-24)16-28)4-3-19(1)17-29-27-11-21-5-22(12-27)7-23(6-21)13-27/h1-4,21-26H,5-18H2. The highest BCUT2D eigenvalue weighted by Gasteiger charge is 2.52. The van der Waals surface area contributed by atoms with E-state index in [1.165, 1.54) is 88.2 Å². The third-order valence-corrected chi connectivity index (χ3v) is 10.1. The lowest BCUT2D eigenvalue weighted by molar-refractivity contribution is -0.169. The molecule has 1 aromatic carbocycles. The van der Waals surface area contributed by atoms with Crippen molar-refractivity contribution in [2.75, 3.05) is 0 Å². The first kappa shape index (κ1) is 18.7. The summed E-state index contributed by atoms with van der Waals surface area (Å²) >= 11 is 0. The van der Waals surface area contributed by atoms with Crippen molar-refractivity contribution < 1.29 is 9.47 Å². The van der Waals surface area contributed by atoms with Crippen LogP contribution in [0.1, 0.15) is 88.2 Å². The van der Waals surface area contributed by atoms with Gasteiger partial charge in [0.1, 0.15) is 0 Å². The molecular formula is C28H38O2. The first-order chi connectivity index (χ1) is 14.6. The average Bonchev–Trinajstić information content (AvgIpc) is 2.70. The van der Waals surface area contributed by atoms with E-state index in [0.29, 0.717) is 0 Å². The van der Waals surface area contributed by atoms with Crippen molar-refractivity contribution in [1.82, 2.24) is 0 Å². The Morgan fingerprint density at radius 3 is 1.03 bits per heavy atom. The Morgan fingerprint density at radius 1 is 0.500 bits per heavy atom. The summed E-state index contributed by atoms with van der Waals surface area (Å²) in [6.45, 7) is 1.59. The molecule has 0 aliphatic heterocycles. The fourth-order valence-electron chi connectivity index (χ4n) is 9.62. The average molecular weight is 407 g/mol. The summed E-state index contributed by atoms with van der Waals surface area (Å²) in [7, 11) is 0. The number of rotatable bonds is 6. The van der Waals surface area contributed by atoms with Gasteiger partial charge in [-0.1, -0.05) is 24.3 Å². The number of hydrogen-bond donors (Lipinski definition) is 0. The van der Waals surface area contributed by atoms with Gasteiger partial charge in [-0.05, 0) is 124 Å². The van der Waals surface area contributed by atoms with Crippen molar-refractivity contribution in [2.24, 2.45) is 35.5 Å². The maximum absolute atomic E-state index is 6.66. The lowest BCUT2D eigenvalue weighted by Crippen LogP contribution is -2.51. The molecule has 0 atom stereocenters. The Bertz CT molecular complexity index is 656. The van der Waals surface area contributed by atoms with Gasteiger partial charge in [0.2, 0.25) is 0 Å². The van der Waals surface area contributed by atoms with Crippen LogP contribution in [0.5, 0.6) is 0 Å². The van der Waals surface area contributed by atoms with Gasteiger partial charge in [0, 0.05) is 0 Å². The summed E-state index contributed by atoms with van der Waals surface area (Å²) in [5, 5.41) is 0. The summed E-state index contributed by atoms with van der Waals surface area (Å²) in [6.07, 6.45) is 16.9. The largest absolute Gasteiger partial charge is 0.370 e. The van der Waals surface area contributed by atoms with Crippen LogP contribution in [0.2, 0.25) is 0 Å². The molecule has 0 saturated heterocycles. The normalized spacial score (nSPS) is 47.9. The minimum Gasteiger partial charge on any atom is -0.370 e. The van der Waals surface area contributed by atoms with Crippen molar-refractivity contribution in [3.8, 4) is 0 Å². The molecule has 0 aromatic heterocycles. The van der Waals surface area contributed by atoms with Gasteiger partial charge in [0.25, 0.3) is 0 Å². The molecule has 0 spiro atoms. The molecule has 8 aliphatic rings. The van der Waals surface area contributed by atoms with E-state index in [9.17, 15) is 0 Å². The summed E-state index contributed by atoms with van der Waals surface area (Å²) in [5.41, 5.74) is 3.11. The van der Waals surface area contributed by atoms with Crippen molar-refractivity contribution in [2.45, 2.75) is 101 Å². The number of hydrogen-bond acceptors (Lipinski definition) is 2. The van der Waals surface area contributed by atoms with Gasteiger partial charge in [-0.25, -0.2) is 0 Å². The lowest BCUT2D eigenvalue weighted by Gasteiger charge is -2.56. The van der Waals surface area contributed by atoms with E-state index in [1.54, 1.807) is 0 Å². The fourth-order valence-corrected chi connectivity index (χ4v) is 9.62. The van der Waals surface area contributed by atoms with Crippen LogP contribution >= 0.6 is 0 Å². The first-order valence-electron chi connectivity index (χ1n) is 13.0. The predicted molar refractivity (Wildman–Crippen MR) is 118 cm³/mol. The predicted octanol–water partition coefficient (Wildman–Crippen LogP) is 6.66. The zero-order valence-corrected chi connectivity index (χ0v) is 18.5. The second kappa shape index (κ2) is 6.82. The van der Waals surface area contributed by atoms with Crippen LogP contribution < -0.4 is 0 Å². The molecule has 2 heteroatoms. The molecule has 0 heterocycles. The molecular weight excluding hydrogens is 368 g/mol. The third-order valence-electron chi connectivity index (χ3n) is 10.1. The van der Waals surface area contributed by atoms with Crippen LogP contribution in [0.3, 0.4) is 0 Å². The SMILES string of the molecule is c1cc(COC23CC4CC(CC(C4)C2)C3)ccc1COC12CC3CC(CC(C3)C1)C2. The maximum atomic E-state index is 6.66. The van der Waals surface area contributed by atoms with Crippen LogP contribution in [0.25, 0.3) is 0 Å². The van der Waals surface area contributed by atoms with E-state index in [-0.39, 0.29) is 11.2 Å². The van der Waals surface area contributed by atoms with E-state index in [4.69, 9.17) is 9.47 Å². The Labute approximate surface area is 182 Å². The second-order valence-corrected chi connectivity index (χ2v) is 12.6. The molecule has 0 unspecified atom stereocenters. The minimum atomic E-state index is 0.217. The maximum Gasteiger partial charge on any atom is 0.0724 e. The summed E-state index contributed by atoms with van der Waals surface area (Å²) in [5.74, 6) is 5.75. The summed E-state index contributed by atoms with van der Waals surface area (Å²) in [6, 6.07) is 9.16. The zero-order valence-electron chi connectivity index (χ0n) is 18.5. The molecule has 0 radical (unpaired) electrons. The van der Waals surface area contributed by atoms with Gasteiger partial charge >= 0.3 is 0 Å². The van der Waals surface area contributed by atoms with Gasteiger partial charge in [0.15, 0.2) is 0 Å². The Morgan fingerprint density at radius 2 is 0.767 bits per heavy atom. The van der Waals surface area contributed by atoms with Crippen molar-refractivity contribution >= 4 is 0 Å². The van der Waals surface area contributed by atoms with Crippen molar-refractivity contribution in [3.05, 3.63) is 35.4 Å². The lowest BCUT2D eigenvalue weighted by atomic mass is 9.54. The molecule has 0 amide bonds. The highest BCUT2D eigenvalue weighted by Crippen LogP contribution is 2.58. The molecule has 2 nitrogen and oxygen atoms in total. The molecule has 8 bridgehead atoms. The molecule has 8 fully saturated rings. The molecule has 8 saturated carbocycles. The third kappa shape index (κ3) is 3.28. The van der Waals surface area contributed by atoms with Gasteiger partial charge in [-0.15, -0.1) is 0 Å². The van der Waals surface area contributed by atoms with Crippen molar-refractivity contribution in [3.63, 3.8) is 0 Å². The Kier molecular flexibility index (Phi) is 4.25. The molecule has 162 valence electrons. The van der Waals surface area contributed by atoms with E-state index in [0.717, 1.165) is 48.7 Å². The quantitative estimate of drug-likeness (QED) is 0.526. The van der Waals surface area contributed by atoms with Crippen LogP contribution in [0.4, 0.5) is 0 Å². The smallest absolute Gasteiger partial charge is 0.0724 e. The molecule has 30 heavy (non-hydrogen) atoms. The Hall–Kier alpha value is -0.860. The van der Waals surface area contributed by atoms with E-state index < -0.39 is 0 Å². The van der Waals surface area contributed by atoms with Gasteiger partial charge in [0.05, 0.1) is 24.4 Å². The number of ether oxygens (including phenoxy) is 2. The molecule has 0 N–H and O–H groups in total. The van der Waals surface area contributed by atoms with E-state index in [2.05, 4.69) is 24.3 Å². The van der Waals surface area contributed by atoms with Crippen LogP contribution in [0, 0.1) is 35.5 Å². The highest BCUT2D eigenvalue weighted by atomic mass is 16.5. The monoisotopic (exact) mass is 406 g/mol. The topological polar surface area (TPSA) is 18.5 Å². The molecule has 1 aromatic rings. The van der Waals surface area contributed by atoms with Gasteiger partial charge in [-0.3, -0.25) is 0 Å². The fraction of sp³-hybridized carbons (Fsp3) is 0.786. The van der Waals surface area contributed by atoms with E-state index >= 15 is 0 Å². The minimum absolute atomic E-state index is 0.217. The summed E-state index contributed by atoms with van der Waals surface area (Å²) in [4.78, 5) is 0. The Balaban J connectivity index is 0.962. The molecule has 8 aliphatic carbocycles. The van der Waals surface area contributed by atoms with Crippen LogP contribution in [0.15, 0.2) is 24.3 Å². The highest BCUT2D eigenvalue weighted by molar-refractivity contribution is 5.22. The van der Waals surface area contributed by atoms with Crippen LogP contribution in [-0.2, 0) is 22.7 Å². The van der Waals surface area contributed by atoms with Gasteiger partial charge < -0.3 is 9.47 Å². The van der Waals surface area contributed by atoms with E-state index in [1.807, 2.05) is 0 Å². The second-order valence-electron chi connectivity index (χ2n) is 12.6. The van der Waals surface area contributed by atoms with Crippen molar-refractivity contribution in [1.29, 1.82) is 0 Å². The number of benzene rings is 1. The first-order valence-corrected chi connectivity index (χ1v) is 13.0. The zero-order chi connectivity index (χ0) is 19.8. The van der Waals surface area contributed by atoms with Gasteiger partial charge in [-0.2, -0.15) is 0 Å². The van der Waals surface area contributed by atoms with Crippen LogP contribution in [-0.4, -0.2) is 11.2 Å². The molecule has 9 rings (SSSR count). The summed E-state index contributed by atoms with van der Waals surface area (Å²) < 4.78 is 13.3.